The molecule has 0 aliphatic carbocycles. The SMILES string of the molecule is COc1ccc(-c2nnc3n(c2=O)CC[C@@]32CCN(Cc3cccc(C)n3)C2)cc1. The highest BCUT2D eigenvalue weighted by molar-refractivity contribution is 5.58. The van der Waals surface area contributed by atoms with E-state index < -0.39 is 0 Å². The molecular formula is C23H25N5O2. The van der Waals surface area contributed by atoms with Gasteiger partial charge in [0, 0.05) is 36.3 Å². The third kappa shape index (κ3) is 3.19. The molecule has 7 heteroatoms. The van der Waals surface area contributed by atoms with Crippen molar-refractivity contribution >= 4 is 0 Å². The van der Waals surface area contributed by atoms with Crippen LogP contribution in [-0.2, 0) is 18.5 Å². The first-order chi connectivity index (χ1) is 14.6. The number of benzene rings is 1. The quantitative estimate of drug-likeness (QED) is 0.667. The van der Waals surface area contributed by atoms with Crippen molar-refractivity contribution < 1.29 is 4.74 Å². The molecule has 3 aromatic rings. The van der Waals surface area contributed by atoms with E-state index in [0.29, 0.717) is 12.2 Å². The largest absolute Gasteiger partial charge is 0.497 e. The lowest BCUT2D eigenvalue weighted by atomic mass is 9.85. The molecule has 4 heterocycles. The molecule has 30 heavy (non-hydrogen) atoms. The summed E-state index contributed by atoms with van der Waals surface area (Å²) in [5.41, 5.74) is 3.15. The van der Waals surface area contributed by atoms with Crippen LogP contribution in [0.15, 0.2) is 47.3 Å². The van der Waals surface area contributed by atoms with Crippen molar-refractivity contribution in [2.24, 2.45) is 0 Å². The second-order valence-electron chi connectivity index (χ2n) is 8.32. The Morgan fingerprint density at radius 2 is 1.87 bits per heavy atom. The number of ether oxygens (including phenoxy) is 1. The van der Waals surface area contributed by atoms with Gasteiger partial charge in [0.2, 0.25) is 0 Å². The zero-order valence-electron chi connectivity index (χ0n) is 17.3. The fraction of sp³-hybridized carbons (Fsp3) is 0.391. The highest BCUT2D eigenvalue weighted by atomic mass is 16.5. The van der Waals surface area contributed by atoms with Gasteiger partial charge in [-0.3, -0.25) is 19.2 Å². The van der Waals surface area contributed by atoms with E-state index in [4.69, 9.17) is 4.74 Å². The number of aryl methyl sites for hydroxylation is 1. The highest BCUT2D eigenvalue weighted by Gasteiger charge is 2.47. The monoisotopic (exact) mass is 403 g/mol. The molecule has 1 saturated heterocycles. The predicted octanol–water partition coefficient (Wildman–Crippen LogP) is 2.56. The van der Waals surface area contributed by atoms with Crippen LogP contribution in [0.25, 0.3) is 11.3 Å². The molecule has 7 nitrogen and oxygen atoms in total. The van der Waals surface area contributed by atoms with Gasteiger partial charge in [-0.2, -0.15) is 0 Å². The fourth-order valence-electron chi connectivity index (χ4n) is 4.78. The van der Waals surface area contributed by atoms with E-state index in [1.165, 1.54) is 0 Å². The molecule has 5 rings (SSSR count). The summed E-state index contributed by atoms with van der Waals surface area (Å²) in [6.07, 6.45) is 1.93. The van der Waals surface area contributed by atoms with E-state index in [1.54, 1.807) is 7.11 Å². The maximum absolute atomic E-state index is 13.2. The van der Waals surface area contributed by atoms with Crippen LogP contribution in [0.2, 0.25) is 0 Å². The first-order valence-electron chi connectivity index (χ1n) is 10.4. The molecule has 1 aromatic carbocycles. The molecule has 154 valence electrons. The van der Waals surface area contributed by atoms with Gasteiger partial charge in [-0.1, -0.05) is 6.07 Å². The summed E-state index contributed by atoms with van der Waals surface area (Å²) in [4.78, 5) is 20.2. The number of aromatic nitrogens is 4. The third-order valence-electron chi connectivity index (χ3n) is 6.36. The molecule has 2 aliphatic heterocycles. The number of methoxy groups -OCH3 is 1. The van der Waals surface area contributed by atoms with Crippen molar-refractivity contribution in [1.82, 2.24) is 24.6 Å². The Kier molecular flexibility index (Phi) is 4.62. The first-order valence-corrected chi connectivity index (χ1v) is 10.4. The van der Waals surface area contributed by atoms with E-state index in [2.05, 4.69) is 32.2 Å². The predicted molar refractivity (Wildman–Crippen MR) is 113 cm³/mol. The lowest BCUT2D eigenvalue weighted by molar-refractivity contribution is 0.296. The van der Waals surface area contributed by atoms with Gasteiger partial charge in [-0.15, -0.1) is 10.2 Å². The van der Waals surface area contributed by atoms with Crippen LogP contribution in [0.3, 0.4) is 0 Å². The van der Waals surface area contributed by atoms with E-state index in [1.807, 2.05) is 41.8 Å². The van der Waals surface area contributed by atoms with E-state index in [-0.39, 0.29) is 11.0 Å². The Balaban J connectivity index is 1.41. The molecule has 0 unspecified atom stereocenters. The normalized spacial score (nSPS) is 20.6. The number of nitrogens with zero attached hydrogens (tertiary/aromatic N) is 5. The molecule has 0 saturated carbocycles. The van der Waals surface area contributed by atoms with Crippen LogP contribution in [-0.4, -0.2) is 44.8 Å². The van der Waals surface area contributed by atoms with Crippen molar-refractivity contribution in [3.63, 3.8) is 0 Å². The topological polar surface area (TPSA) is 73.1 Å². The van der Waals surface area contributed by atoms with Crippen LogP contribution in [0.1, 0.15) is 30.1 Å². The number of hydrogen-bond donors (Lipinski definition) is 0. The van der Waals surface area contributed by atoms with Crippen molar-refractivity contribution in [3.05, 3.63) is 70.0 Å². The molecule has 0 radical (unpaired) electrons. The summed E-state index contributed by atoms with van der Waals surface area (Å²) in [6.45, 7) is 5.41. The average Bonchev–Trinajstić information content (AvgIpc) is 3.33. The molecule has 2 aromatic heterocycles. The maximum atomic E-state index is 13.2. The van der Waals surface area contributed by atoms with Crippen molar-refractivity contribution in [2.75, 3.05) is 20.2 Å². The zero-order chi connectivity index (χ0) is 20.7. The zero-order valence-corrected chi connectivity index (χ0v) is 17.3. The van der Waals surface area contributed by atoms with E-state index in [9.17, 15) is 4.79 Å². The van der Waals surface area contributed by atoms with Gasteiger partial charge in [0.15, 0.2) is 5.69 Å². The van der Waals surface area contributed by atoms with E-state index in [0.717, 1.165) is 61.0 Å². The first kappa shape index (κ1) is 18.9. The average molecular weight is 403 g/mol. The Hall–Kier alpha value is -3.06. The van der Waals surface area contributed by atoms with Crippen molar-refractivity contribution in [2.45, 2.75) is 38.3 Å². The van der Waals surface area contributed by atoms with E-state index >= 15 is 0 Å². The number of hydrogen-bond acceptors (Lipinski definition) is 6. The minimum Gasteiger partial charge on any atom is -0.497 e. The Bertz CT molecular complexity index is 1140. The van der Waals surface area contributed by atoms with Gasteiger partial charge < -0.3 is 4.74 Å². The van der Waals surface area contributed by atoms with Crippen LogP contribution in [0, 0.1) is 6.92 Å². The molecule has 0 bridgehead atoms. The second-order valence-corrected chi connectivity index (χ2v) is 8.32. The summed E-state index contributed by atoms with van der Waals surface area (Å²) in [7, 11) is 1.62. The maximum Gasteiger partial charge on any atom is 0.280 e. The Labute approximate surface area is 175 Å². The minimum atomic E-state index is -0.0889. The molecule has 1 fully saturated rings. The molecule has 1 atom stereocenters. The Morgan fingerprint density at radius 1 is 1.07 bits per heavy atom. The number of likely N-dealkylation sites (tertiary alicyclic amines) is 1. The standard InChI is InChI=1S/C23H25N5O2/c1-16-4-3-5-18(24-16)14-27-12-10-23(15-27)11-13-28-21(29)20(25-26-22(23)28)17-6-8-19(30-2)9-7-17/h3-9H,10-15H2,1-2H3/t23-/m1/s1. The lowest BCUT2D eigenvalue weighted by Crippen LogP contribution is -2.33. The minimum absolute atomic E-state index is 0.0548. The van der Waals surface area contributed by atoms with Crippen molar-refractivity contribution in [1.29, 1.82) is 0 Å². The molecule has 0 N–H and O–H groups in total. The summed E-state index contributed by atoms with van der Waals surface area (Å²) >= 11 is 0. The number of rotatable bonds is 4. The second kappa shape index (κ2) is 7.32. The molecule has 1 spiro atoms. The van der Waals surface area contributed by atoms with Crippen LogP contribution >= 0.6 is 0 Å². The van der Waals surface area contributed by atoms with Gasteiger partial charge in [-0.05, 0) is 62.7 Å². The summed E-state index contributed by atoms with van der Waals surface area (Å²) in [5, 5.41) is 8.93. The lowest BCUT2D eigenvalue weighted by Gasteiger charge is -2.23. The van der Waals surface area contributed by atoms with Gasteiger partial charge in [0.25, 0.3) is 5.56 Å². The van der Waals surface area contributed by atoms with Crippen LogP contribution in [0.4, 0.5) is 0 Å². The van der Waals surface area contributed by atoms with Crippen LogP contribution < -0.4 is 10.3 Å². The van der Waals surface area contributed by atoms with Gasteiger partial charge in [0.1, 0.15) is 11.6 Å². The summed E-state index contributed by atoms with van der Waals surface area (Å²) < 4.78 is 7.04. The summed E-state index contributed by atoms with van der Waals surface area (Å²) in [5.74, 6) is 1.59. The smallest absolute Gasteiger partial charge is 0.280 e. The van der Waals surface area contributed by atoms with Gasteiger partial charge in [0.05, 0.1) is 12.8 Å². The third-order valence-corrected chi connectivity index (χ3v) is 6.36. The molecular weight excluding hydrogens is 378 g/mol. The van der Waals surface area contributed by atoms with Gasteiger partial charge >= 0.3 is 0 Å². The van der Waals surface area contributed by atoms with Crippen molar-refractivity contribution in [3.8, 4) is 17.0 Å². The number of fused-ring (bicyclic) bond motifs is 2. The molecule has 0 amide bonds. The number of pyridine rings is 1. The van der Waals surface area contributed by atoms with Gasteiger partial charge in [-0.25, -0.2) is 0 Å². The molecule has 2 aliphatic rings. The highest BCUT2D eigenvalue weighted by Crippen LogP contribution is 2.41. The summed E-state index contributed by atoms with van der Waals surface area (Å²) in [6, 6.07) is 13.5. The Morgan fingerprint density at radius 3 is 2.63 bits per heavy atom. The fourth-order valence-corrected chi connectivity index (χ4v) is 4.78. The van der Waals surface area contributed by atoms with Crippen LogP contribution in [0.5, 0.6) is 5.75 Å².